The summed E-state index contributed by atoms with van der Waals surface area (Å²) in [4.78, 5) is 12.1. The van der Waals surface area contributed by atoms with E-state index in [1.165, 1.54) is 0 Å². The largest absolute Gasteiger partial charge is 0.514 e. The lowest BCUT2D eigenvalue weighted by molar-refractivity contribution is 0.00671. The summed E-state index contributed by atoms with van der Waals surface area (Å²) in [5.74, 6) is 1.33. The van der Waals surface area contributed by atoms with Gasteiger partial charge in [0.2, 0.25) is 0 Å². The molecule has 1 aliphatic rings. The van der Waals surface area contributed by atoms with Gasteiger partial charge in [0.15, 0.2) is 0 Å². The summed E-state index contributed by atoms with van der Waals surface area (Å²) in [7, 11) is 0. The molecule has 5 nitrogen and oxygen atoms in total. The molecule has 1 aromatic carbocycles. The summed E-state index contributed by atoms with van der Waals surface area (Å²) >= 11 is 0. The van der Waals surface area contributed by atoms with Gasteiger partial charge in [0.05, 0.1) is 6.61 Å². The highest BCUT2D eigenvalue weighted by Gasteiger charge is 2.34. The van der Waals surface area contributed by atoms with E-state index < -0.39 is 17.4 Å². The van der Waals surface area contributed by atoms with Crippen molar-refractivity contribution in [1.29, 1.82) is 0 Å². The number of benzene rings is 1. The fraction of sp³-hybridized carbons (Fsp3) is 0.667. The number of rotatable bonds is 2. The molecule has 0 bridgehead atoms. The standard InChI is InChI=1S/C19H28O5.C2H6/c1-11-12(2)16-14(8-9-19(7,10-20)23-16)13(3)15(11)22-17(21)24-18(4,5)6;1-2/h20H,8-10H2,1-7H3;1-2H3. The topological polar surface area (TPSA) is 65.0 Å². The van der Waals surface area contributed by atoms with Gasteiger partial charge >= 0.3 is 6.16 Å². The van der Waals surface area contributed by atoms with Crippen LogP contribution in [0.2, 0.25) is 0 Å². The number of hydrogen-bond donors (Lipinski definition) is 1. The van der Waals surface area contributed by atoms with E-state index in [0.717, 1.165) is 34.4 Å². The van der Waals surface area contributed by atoms with Gasteiger partial charge in [-0.3, -0.25) is 0 Å². The average molecular weight is 366 g/mol. The summed E-state index contributed by atoms with van der Waals surface area (Å²) in [6.45, 7) is 17.1. The first-order valence-corrected chi connectivity index (χ1v) is 9.31. The Balaban J connectivity index is 0.00000163. The van der Waals surface area contributed by atoms with Crippen LogP contribution in [0.15, 0.2) is 0 Å². The lowest BCUT2D eigenvalue weighted by atomic mass is 9.87. The highest BCUT2D eigenvalue weighted by atomic mass is 16.7. The van der Waals surface area contributed by atoms with Gasteiger partial charge in [-0.15, -0.1) is 0 Å². The zero-order valence-corrected chi connectivity index (χ0v) is 17.7. The Morgan fingerprint density at radius 1 is 1.15 bits per heavy atom. The molecule has 0 aliphatic carbocycles. The lowest BCUT2D eigenvalue weighted by Gasteiger charge is -2.36. The van der Waals surface area contributed by atoms with E-state index in [-0.39, 0.29) is 6.61 Å². The van der Waals surface area contributed by atoms with Crippen LogP contribution in [0.25, 0.3) is 0 Å². The van der Waals surface area contributed by atoms with Crippen molar-refractivity contribution in [2.24, 2.45) is 0 Å². The van der Waals surface area contributed by atoms with Crippen molar-refractivity contribution in [2.45, 2.75) is 86.4 Å². The molecule has 0 saturated heterocycles. The molecule has 26 heavy (non-hydrogen) atoms. The predicted molar refractivity (Wildman–Crippen MR) is 103 cm³/mol. The smallest absolute Gasteiger partial charge is 0.485 e. The van der Waals surface area contributed by atoms with Crippen LogP contribution in [0, 0.1) is 20.8 Å². The van der Waals surface area contributed by atoms with Gasteiger partial charge in [0, 0.05) is 5.56 Å². The molecule has 2 rings (SSSR count). The van der Waals surface area contributed by atoms with Crippen molar-refractivity contribution in [3.05, 3.63) is 22.3 Å². The third kappa shape index (κ3) is 4.91. The Morgan fingerprint density at radius 2 is 1.73 bits per heavy atom. The van der Waals surface area contributed by atoms with E-state index in [9.17, 15) is 9.90 Å². The normalized spacial score (nSPS) is 18.8. The Bertz CT molecular complexity index is 658. The van der Waals surface area contributed by atoms with E-state index in [4.69, 9.17) is 14.2 Å². The maximum absolute atomic E-state index is 12.1. The maximum atomic E-state index is 12.1. The summed E-state index contributed by atoms with van der Waals surface area (Å²) in [5.41, 5.74) is 2.52. The second kappa shape index (κ2) is 8.30. The summed E-state index contributed by atoms with van der Waals surface area (Å²) in [6.07, 6.45) is 0.778. The highest BCUT2D eigenvalue weighted by Crippen LogP contribution is 2.43. The predicted octanol–water partition coefficient (Wildman–Crippen LogP) is 5.03. The molecule has 0 spiro atoms. The van der Waals surface area contributed by atoms with Crippen molar-refractivity contribution in [3.8, 4) is 11.5 Å². The van der Waals surface area contributed by atoms with E-state index >= 15 is 0 Å². The van der Waals surface area contributed by atoms with Crippen molar-refractivity contribution < 1.29 is 24.1 Å². The first-order chi connectivity index (χ1) is 12.0. The SMILES string of the molecule is CC.Cc1c(C)c2c(c(C)c1OC(=O)OC(C)(C)C)CCC(C)(CO)O2. The first-order valence-electron chi connectivity index (χ1n) is 9.31. The molecule has 1 N–H and O–H groups in total. The second-order valence-electron chi connectivity index (χ2n) is 7.79. The van der Waals surface area contributed by atoms with Crippen LogP contribution < -0.4 is 9.47 Å². The number of carbonyl (C=O) groups is 1. The number of ether oxygens (including phenoxy) is 3. The molecular weight excluding hydrogens is 332 g/mol. The molecule has 0 fully saturated rings. The third-order valence-electron chi connectivity index (χ3n) is 4.47. The quantitative estimate of drug-likeness (QED) is 0.587. The molecule has 1 aliphatic heterocycles. The number of hydrogen-bond acceptors (Lipinski definition) is 5. The monoisotopic (exact) mass is 366 g/mol. The lowest BCUT2D eigenvalue weighted by Crippen LogP contribution is -2.40. The van der Waals surface area contributed by atoms with Crippen LogP contribution >= 0.6 is 0 Å². The van der Waals surface area contributed by atoms with Crippen LogP contribution in [-0.2, 0) is 11.2 Å². The zero-order valence-electron chi connectivity index (χ0n) is 17.7. The highest BCUT2D eigenvalue weighted by molar-refractivity contribution is 5.68. The number of fused-ring (bicyclic) bond motifs is 1. The van der Waals surface area contributed by atoms with E-state index in [2.05, 4.69) is 0 Å². The third-order valence-corrected chi connectivity index (χ3v) is 4.47. The molecule has 1 atom stereocenters. The van der Waals surface area contributed by atoms with Crippen LogP contribution in [0.3, 0.4) is 0 Å². The molecule has 0 amide bonds. The van der Waals surface area contributed by atoms with Crippen LogP contribution in [0.4, 0.5) is 4.79 Å². The molecular formula is C21H34O5. The molecule has 0 aromatic heterocycles. The summed E-state index contributed by atoms with van der Waals surface area (Å²) < 4.78 is 16.9. The minimum absolute atomic E-state index is 0.0276. The van der Waals surface area contributed by atoms with Crippen molar-refractivity contribution in [1.82, 2.24) is 0 Å². The van der Waals surface area contributed by atoms with Gasteiger partial charge in [0.1, 0.15) is 22.7 Å². The fourth-order valence-corrected chi connectivity index (χ4v) is 2.90. The molecule has 1 aromatic rings. The second-order valence-corrected chi connectivity index (χ2v) is 7.79. The minimum atomic E-state index is -0.704. The molecule has 0 radical (unpaired) electrons. The van der Waals surface area contributed by atoms with E-state index in [0.29, 0.717) is 12.2 Å². The number of carbonyl (C=O) groups excluding carboxylic acids is 1. The van der Waals surface area contributed by atoms with Gasteiger partial charge in [0.25, 0.3) is 0 Å². The summed E-state index contributed by atoms with van der Waals surface area (Å²) in [6, 6.07) is 0. The van der Waals surface area contributed by atoms with E-state index in [1.54, 1.807) is 20.8 Å². The van der Waals surface area contributed by atoms with Gasteiger partial charge in [-0.25, -0.2) is 4.79 Å². The Morgan fingerprint density at radius 3 is 2.23 bits per heavy atom. The van der Waals surface area contributed by atoms with Gasteiger partial charge < -0.3 is 19.3 Å². The minimum Gasteiger partial charge on any atom is -0.485 e. The van der Waals surface area contributed by atoms with Crippen molar-refractivity contribution >= 4 is 6.16 Å². The first kappa shape index (κ1) is 22.3. The fourth-order valence-electron chi connectivity index (χ4n) is 2.90. The molecule has 148 valence electrons. The zero-order chi connectivity index (χ0) is 20.3. The number of aliphatic hydroxyl groups is 1. The Hall–Kier alpha value is -1.75. The van der Waals surface area contributed by atoms with Crippen LogP contribution in [0.5, 0.6) is 11.5 Å². The maximum Gasteiger partial charge on any atom is 0.514 e. The molecule has 0 saturated carbocycles. The Labute approximate surface area is 157 Å². The van der Waals surface area contributed by atoms with Gasteiger partial charge in [-0.2, -0.15) is 0 Å². The number of aliphatic hydroxyl groups excluding tert-OH is 1. The summed E-state index contributed by atoms with van der Waals surface area (Å²) in [5, 5.41) is 9.58. The van der Waals surface area contributed by atoms with Gasteiger partial charge in [-0.05, 0) is 78.0 Å². The van der Waals surface area contributed by atoms with Gasteiger partial charge in [-0.1, -0.05) is 13.8 Å². The van der Waals surface area contributed by atoms with Crippen LogP contribution in [0.1, 0.15) is 70.2 Å². The van der Waals surface area contributed by atoms with Crippen LogP contribution in [-0.4, -0.2) is 29.1 Å². The Kier molecular flexibility index (Phi) is 7.11. The molecule has 5 heteroatoms. The van der Waals surface area contributed by atoms with E-state index in [1.807, 2.05) is 41.5 Å². The average Bonchev–Trinajstić information content (AvgIpc) is 2.57. The van der Waals surface area contributed by atoms with Crippen molar-refractivity contribution in [2.75, 3.05) is 6.61 Å². The van der Waals surface area contributed by atoms with Crippen molar-refractivity contribution in [3.63, 3.8) is 0 Å². The molecule has 1 unspecified atom stereocenters. The molecule has 1 heterocycles.